The number of carboxylic acids is 1. The molecule has 186 valence electrons. The van der Waals surface area contributed by atoms with Crippen LogP contribution < -0.4 is 5.32 Å². The van der Waals surface area contributed by atoms with Gasteiger partial charge in [0.05, 0.1) is 5.92 Å². The number of hydrogen-bond donors (Lipinski definition) is 2. The standard InChI is InChI=1S/C28H34N2O5/c1-17(2)24(13-25(31)30-14-23(26(32)33)28(3,4)16-30)29-27(34)35-15-22-20-11-7-5-9-18(20)19-10-6-8-12-21(19)22/h5-12,17,22-24H,13-16H2,1-4H3,(H,29,34)(H,32,33)/t23?,24-/m1/s1. The monoisotopic (exact) mass is 478 g/mol. The fourth-order valence-corrected chi connectivity index (χ4v) is 5.30. The Labute approximate surface area is 206 Å². The minimum atomic E-state index is -0.887. The Balaban J connectivity index is 1.37. The van der Waals surface area contributed by atoms with Gasteiger partial charge in [0.15, 0.2) is 0 Å². The first kappa shape index (κ1) is 24.8. The number of carbonyl (C=O) groups excluding carboxylic acids is 2. The molecule has 2 atom stereocenters. The zero-order valence-electron chi connectivity index (χ0n) is 20.8. The number of amides is 2. The summed E-state index contributed by atoms with van der Waals surface area (Å²) in [6.45, 7) is 8.40. The van der Waals surface area contributed by atoms with E-state index in [4.69, 9.17) is 4.74 Å². The van der Waals surface area contributed by atoms with E-state index in [1.807, 2.05) is 52.0 Å². The quantitative estimate of drug-likeness (QED) is 0.611. The molecule has 1 fully saturated rings. The molecule has 0 radical (unpaired) electrons. The zero-order chi connectivity index (χ0) is 25.3. The summed E-state index contributed by atoms with van der Waals surface area (Å²) in [6.07, 6.45) is -0.451. The number of nitrogens with one attached hydrogen (secondary N) is 1. The van der Waals surface area contributed by atoms with Crippen LogP contribution in [-0.4, -0.2) is 53.7 Å². The van der Waals surface area contributed by atoms with E-state index < -0.39 is 29.4 Å². The van der Waals surface area contributed by atoms with Crippen molar-refractivity contribution in [2.75, 3.05) is 19.7 Å². The molecule has 1 unspecified atom stereocenters. The number of likely N-dealkylation sites (tertiary alicyclic amines) is 1. The first-order valence-corrected chi connectivity index (χ1v) is 12.2. The van der Waals surface area contributed by atoms with Crippen LogP contribution in [0.3, 0.4) is 0 Å². The highest BCUT2D eigenvalue weighted by Crippen LogP contribution is 2.44. The molecule has 7 nitrogen and oxygen atoms in total. The van der Waals surface area contributed by atoms with Crippen LogP contribution in [0.15, 0.2) is 48.5 Å². The van der Waals surface area contributed by atoms with E-state index in [1.165, 1.54) is 0 Å². The molecule has 2 aromatic carbocycles. The molecule has 7 heteroatoms. The van der Waals surface area contributed by atoms with Crippen molar-refractivity contribution < 1.29 is 24.2 Å². The second-order valence-electron chi connectivity index (χ2n) is 10.7. The van der Waals surface area contributed by atoms with E-state index in [9.17, 15) is 19.5 Å². The Bertz CT molecular complexity index is 1080. The number of ether oxygens (including phenoxy) is 1. The zero-order valence-corrected chi connectivity index (χ0v) is 20.8. The smallest absolute Gasteiger partial charge is 0.407 e. The van der Waals surface area contributed by atoms with Crippen molar-refractivity contribution in [1.29, 1.82) is 0 Å². The van der Waals surface area contributed by atoms with E-state index in [-0.39, 0.29) is 37.3 Å². The number of benzene rings is 2. The molecule has 2 amide bonds. The number of rotatable bonds is 7. The molecule has 1 heterocycles. The summed E-state index contributed by atoms with van der Waals surface area (Å²) in [6, 6.07) is 15.9. The first-order valence-electron chi connectivity index (χ1n) is 12.2. The molecule has 2 aliphatic rings. The van der Waals surface area contributed by atoms with Gasteiger partial charge in [0.1, 0.15) is 6.61 Å². The average molecular weight is 479 g/mol. The second-order valence-corrected chi connectivity index (χ2v) is 10.7. The lowest BCUT2D eigenvalue weighted by Crippen LogP contribution is -2.43. The van der Waals surface area contributed by atoms with E-state index in [0.29, 0.717) is 6.54 Å². The molecule has 0 aromatic heterocycles. The van der Waals surface area contributed by atoms with E-state index in [1.54, 1.807) is 4.90 Å². The topological polar surface area (TPSA) is 95.9 Å². The second kappa shape index (κ2) is 9.72. The molecule has 35 heavy (non-hydrogen) atoms. The van der Waals surface area contributed by atoms with Gasteiger partial charge < -0.3 is 20.1 Å². The number of nitrogens with zero attached hydrogens (tertiary/aromatic N) is 1. The van der Waals surface area contributed by atoms with Gasteiger partial charge in [-0.2, -0.15) is 0 Å². The predicted molar refractivity (Wildman–Crippen MR) is 133 cm³/mol. The average Bonchev–Trinajstić information content (AvgIpc) is 3.31. The van der Waals surface area contributed by atoms with Crippen molar-refractivity contribution >= 4 is 18.0 Å². The number of aliphatic carboxylic acids is 1. The van der Waals surface area contributed by atoms with Gasteiger partial charge in [0, 0.05) is 31.5 Å². The molecule has 0 spiro atoms. The van der Waals surface area contributed by atoms with Gasteiger partial charge in [-0.15, -0.1) is 0 Å². The Hall–Kier alpha value is -3.35. The van der Waals surface area contributed by atoms with Crippen molar-refractivity contribution in [2.45, 2.75) is 46.1 Å². The molecular weight excluding hydrogens is 444 g/mol. The fourth-order valence-electron chi connectivity index (χ4n) is 5.30. The van der Waals surface area contributed by atoms with Gasteiger partial charge in [0.25, 0.3) is 0 Å². The first-order chi connectivity index (χ1) is 16.6. The van der Waals surface area contributed by atoms with Crippen LogP contribution in [0, 0.1) is 17.3 Å². The van der Waals surface area contributed by atoms with Crippen molar-refractivity contribution in [3.63, 3.8) is 0 Å². The summed E-state index contributed by atoms with van der Waals surface area (Å²) >= 11 is 0. The van der Waals surface area contributed by atoms with Crippen molar-refractivity contribution in [3.8, 4) is 11.1 Å². The van der Waals surface area contributed by atoms with Crippen LogP contribution in [0.4, 0.5) is 4.79 Å². The number of hydrogen-bond acceptors (Lipinski definition) is 4. The number of carbonyl (C=O) groups is 3. The third-order valence-electron chi connectivity index (χ3n) is 7.44. The van der Waals surface area contributed by atoms with Crippen LogP contribution >= 0.6 is 0 Å². The molecular formula is C28H34N2O5. The summed E-state index contributed by atoms with van der Waals surface area (Å²) in [7, 11) is 0. The lowest BCUT2D eigenvalue weighted by atomic mass is 9.82. The normalized spacial score (nSPS) is 19.2. The summed E-state index contributed by atoms with van der Waals surface area (Å²) in [5.41, 5.74) is 4.12. The molecule has 1 saturated heterocycles. The van der Waals surface area contributed by atoms with Crippen LogP contribution in [0.5, 0.6) is 0 Å². The van der Waals surface area contributed by atoms with Crippen LogP contribution in [0.1, 0.15) is 51.2 Å². The van der Waals surface area contributed by atoms with Crippen LogP contribution in [0.25, 0.3) is 11.1 Å². The van der Waals surface area contributed by atoms with Gasteiger partial charge in [0.2, 0.25) is 5.91 Å². The van der Waals surface area contributed by atoms with Crippen molar-refractivity contribution in [1.82, 2.24) is 10.2 Å². The molecule has 0 saturated carbocycles. The molecule has 2 N–H and O–H groups in total. The minimum absolute atomic E-state index is 0.00492. The molecule has 1 aliphatic heterocycles. The van der Waals surface area contributed by atoms with Crippen molar-refractivity contribution in [3.05, 3.63) is 59.7 Å². The molecule has 4 rings (SSSR count). The maximum atomic E-state index is 13.0. The third-order valence-corrected chi connectivity index (χ3v) is 7.44. The lowest BCUT2D eigenvalue weighted by molar-refractivity contribution is -0.144. The Morgan fingerprint density at radius 2 is 1.63 bits per heavy atom. The SMILES string of the molecule is CC(C)[C@@H](CC(=O)N1CC(C(=O)O)C(C)(C)C1)NC(=O)OCC1c2ccccc2-c2ccccc21. The van der Waals surface area contributed by atoms with Gasteiger partial charge in [-0.1, -0.05) is 76.2 Å². The lowest BCUT2D eigenvalue weighted by Gasteiger charge is -2.26. The maximum absolute atomic E-state index is 13.0. The summed E-state index contributed by atoms with van der Waals surface area (Å²) in [4.78, 5) is 38.9. The predicted octanol–water partition coefficient (Wildman–Crippen LogP) is 4.51. The van der Waals surface area contributed by atoms with Gasteiger partial charge >= 0.3 is 12.1 Å². The van der Waals surface area contributed by atoms with Gasteiger partial charge in [-0.05, 0) is 33.6 Å². The Morgan fingerprint density at radius 3 is 2.14 bits per heavy atom. The minimum Gasteiger partial charge on any atom is -0.481 e. The molecule has 0 bridgehead atoms. The van der Waals surface area contributed by atoms with E-state index in [2.05, 4.69) is 29.6 Å². The van der Waals surface area contributed by atoms with Gasteiger partial charge in [-0.25, -0.2) is 4.79 Å². The number of carboxylic acid groups (broad SMARTS) is 1. The highest BCUT2D eigenvalue weighted by atomic mass is 16.5. The summed E-state index contributed by atoms with van der Waals surface area (Å²) in [5, 5.41) is 12.4. The Morgan fingerprint density at radius 1 is 1.06 bits per heavy atom. The van der Waals surface area contributed by atoms with Crippen molar-refractivity contribution in [2.24, 2.45) is 17.3 Å². The third kappa shape index (κ3) is 5.04. The van der Waals surface area contributed by atoms with Crippen LogP contribution in [-0.2, 0) is 14.3 Å². The highest BCUT2D eigenvalue weighted by Gasteiger charge is 2.45. The Kier molecular flexibility index (Phi) is 6.88. The fraction of sp³-hybridized carbons (Fsp3) is 0.464. The summed E-state index contributed by atoms with van der Waals surface area (Å²) in [5.74, 6) is -1.67. The van der Waals surface area contributed by atoms with E-state index in [0.717, 1.165) is 22.3 Å². The molecule has 2 aromatic rings. The number of alkyl carbamates (subject to hydrolysis) is 1. The molecule has 1 aliphatic carbocycles. The number of fused-ring (bicyclic) bond motifs is 3. The summed E-state index contributed by atoms with van der Waals surface area (Å²) < 4.78 is 5.66. The largest absolute Gasteiger partial charge is 0.481 e. The highest BCUT2D eigenvalue weighted by molar-refractivity contribution is 5.81. The van der Waals surface area contributed by atoms with Gasteiger partial charge in [-0.3, -0.25) is 9.59 Å². The van der Waals surface area contributed by atoms with E-state index >= 15 is 0 Å². The van der Waals surface area contributed by atoms with Crippen LogP contribution in [0.2, 0.25) is 0 Å². The maximum Gasteiger partial charge on any atom is 0.407 e.